The molecule has 2 rings (SSSR count). The summed E-state index contributed by atoms with van der Waals surface area (Å²) in [7, 11) is 0. The van der Waals surface area contributed by atoms with Crippen LogP contribution >= 0.6 is 15.9 Å². The van der Waals surface area contributed by atoms with Crippen LogP contribution in [0.1, 0.15) is 10.5 Å². The number of hydrogen-bond donors (Lipinski definition) is 1. The third-order valence-electron chi connectivity index (χ3n) is 1.68. The SMILES string of the molecule is O=C1NCCOc2cc(Br)cnc21. The van der Waals surface area contributed by atoms with Gasteiger partial charge in [-0.3, -0.25) is 4.79 Å². The smallest absolute Gasteiger partial charge is 0.273 e. The van der Waals surface area contributed by atoms with Crippen LogP contribution in [0.4, 0.5) is 0 Å². The molecular weight excluding hydrogens is 236 g/mol. The van der Waals surface area contributed by atoms with Gasteiger partial charge < -0.3 is 10.1 Å². The van der Waals surface area contributed by atoms with Gasteiger partial charge in [0, 0.05) is 10.7 Å². The van der Waals surface area contributed by atoms with E-state index < -0.39 is 0 Å². The number of fused-ring (bicyclic) bond motifs is 1. The lowest BCUT2D eigenvalue weighted by atomic mass is 10.3. The van der Waals surface area contributed by atoms with Crippen molar-refractivity contribution in [2.75, 3.05) is 13.2 Å². The van der Waals surface area contributed by atoms with Gasteiger partial charge in [0.05, 0.1) is 6.54 Å². The number of ether oxygens (including phenoxy) is 1. The molecule has 1 aliphatic rings. The number of hydrogen-bond acceptors (Lipinski definition) is 3. The Hall–Kier alpha value is -1.10. The molecule has 0 atom stereocenters. The summed E-state index contributed by atoms with van der Waals surface area (Å²) in [5, 5.41) is 2.68. The van der Waals surface area contributed by atoms with Crippen molar-refractivity contribution < 1.29 is 9.53 Å². The number of nitrogens with zero attached hydrogens (tertiary/aromatic N) is 1. The fraction of sp³-hybridized carbons (Fsp3) is 0.250. The molecule has 0 aliphatic carbocycles. The molecule has 5 heteroatoms. The van der Waals surface area contributed by atoms with Gasteiger partial charge in [-0.1, -0.05) is 0 Å². The van der Waals surface area contributed by atoms with Crippen LogP contribution in [0.5, 0.6) is 5.75 Å². The lowest BCUT2D eigenvalue weighted by Crippen LogP contribution is -2.24. The molecule has 1 amide bonds. The quantitative estimate of drug-likeness (QED) is 0.738. The normalized spacial score (nSPS) is 15.3. The summed E-state index contributed by atoms with van der Waals surface area (Å²) in [6.07, 6.45) is 1.58. The Bertz CT molecular complexity index is 354. The molecule has 0 unspecified atom stereocenters. The van der Waals surface area contributed by atoms with Crippen LogP contribution in [0.2, 0.25) is 0 Å². The fourth-order valence-corrected chi connectivity index (χ4v) is 1.42. The van der Waals surface area contributed by atoms with E-state index in [1.54, 1.807) is 12.3 Å². The molecule has 1 aromatic heterocycles. The Labute approximate surface area is 83.4 Å². The topological polar surface area (TPSA) is 51.2 Å². The predicted octanol–water partition coefficient (Wildman–Crippen LogP) is 0.966. The van der Waals surface area contributed by atoms with E-state index >= 15 is 0 Å². The first-order valence-electron chi connectivity index (χ1n) is 3.84. The maximum atomic E-state index is 11.3. The minimum Gasteiger partial charge on any atom is -0.489 e. The Morgan fingerprint density at radius 3 is 3.31 bits per heavy atom. The largest absolute Gasteiger partial charge is 0.489 e. The third-order valence-corrected chi connectivity index (χ3v) is 2.11. The molecule has 1 aromatic rings. The summed E-state index contributed by atoms with van der Waals surface area (Å²) in [6, 6.07) is 1.74. The van der Waals surface area contributed by atoms with E-state index in [0.29, 0.717) is 24.6 Å². The zero-order chi connectivity index (χ0) is 9.26. The van der Waals surface area contributed by atoms with Gasteiger partial charge in [-0.15, -0.1) is 0 Å². The number of pyridine rings is 1. The highest BCUT2D eigenvalue weighted by atomic mass is 79.9. The zero-order valence-electron chi connectivity index (χ0n) is 6.71. The van der Waals surface area contributed by atoms with E-state index in [9.17, 15) is 4.79 Å². The molecule has 0 saturated carbocycles. The van der Waals surface area contributed by atoms with E-state index in [2.05, 4.69) is 26.2 Å². The van der Waals surface area contributed by atoms with E-state index in [1.807, 2.05) is 0 Å². The van der Waals surface area contributed by atoms with Crippen LogP contribution in [0.15, 0.2) is 16.7 Å². The second kappa shape index (κ2) is 3.33. The van der Waals surface area contributed by atoms with Crippen LogP contribution < -0.4 is 10.1 Å². The Kier molecular flexibility index (Phi) is 2.18. The third kappa shape index (κ3) is 1.65. The van der Waals surface area contributed by atoms with E-state index in [4.69, 9.17) is 4.74 Å². The molecule has 13 heavy (non-hydrogen) atoms. The summed E-state index contributed by atoms with van der Waals surface area (Å²) >= 11 is 3.26. The molecule has 0 spiro atoms. The minimum absolute atomic E-state index is 0.181. The van der Waals surface area contributed by atoms with Crippen molar-refractivity contribution in [1.82, 2.24) is 10.3 Å². The molecule has 0 aromatic carbocycles. The van der Waals surface area contributed by atoms with Crippen molar-refractivity contribution >= 4 is 21.8 Å². The summed E-state index contributed by atoms with van der Waals surface area (Å²) in [5.74, 6) is 0.351. The molecule has 1 aliphatic heterocycles. The van der Waals surface area contributed by atoms with Gasteiger partial charge in [0.15, 0.2) is 11.4 Å². The van der Waals surface area contributed by atoms with Crippen LogP contribution in [0.3, 0.4) is 0 Å². The number of nitrogens with one attached hydrogen (secondary N) is 1. The van der Waals surface area contributed by atoms with Crippen molar-refractivity contribution in [3.63, 3.8) is 0 Å². The number of rotatable bonds is 0. The predicted molar refractivity (Wildman–Crippen MR) is 49.8 cm³/mol. The van der Waals surface area contributed by atoms with E-state index in [1.165, 1.54) is 0 Å². The first-order valence-corrected chi connectivity index (χ1v) is 4.63. The molecule has 0 fully saturated rings. The average molecular weight is 243 g/mol. The van der Waals surface area contributed by atoms with Gasteiger partial charge in [-0.25, -0.2) is 4.98 Å². The Morgan fingerprint density at radius 2 is 2.46 bits per heavy atom. The summed E-state index contributed by atoms with van der Waals surface area (Å²) in [5.41, 5.74) is 0.348. The van der Waals surface area contributed by atoms with Crippen LogP contribution in [-0.2, 0) is 0 Å². The molecule has 4 nitrogen and oxygen atoms in total. The Morgan fingerprint density at radius 1 is 1.62 bits per heavy atom. The maximum Gasteiger partial charge on any atom is 0.273 e. The van der Waals surface area contributed by atoms with Gasteiger partial charge in [0.1, 0.15) is 6.61 Å². The van der Waals surface area contributed by atoms with Crippen molar-refractivity contribution in [3.05, 3.63) is 22.4 Å². The number of aromatic nitrogens is 1. The lowest BCUT2D eigenvalue weighted by molar-refractivity contribution is 0.0952. The lowest BCUT2D eigenvalue weighted by Gasteiger charge is -2.03. The zero-order valence-corrected chi connectivity index (χ0v) is 8.30. The summed E-state index contributed by atoms with van der Waals surface area (Å²) < 4.78 is 6.13. The van der Waals surface area contributed by atoms with Crippen molar-refractivity contribution in [3.8, 4) is 5.75 Å². The molecule has 0 radical (unpaired) electrons. The van der Waals surface area contributed by atoms with Crippen molar-refractivity contribution in [2.24, 2.45) is 0 Å². The van der Waals surface area contributed by atoms with Crippen LogP contribution in [-0.4, -0.2) is 24.0 Å². The van der Waals surface area contributed by atoms with Gasteiger partial charge in [0.2, 0.25) is 0 Å². The maximum absolute atomic E-state index is 11.3. The van der Waals surface area contributed by atoms with Crippen molar-refractivity contribution in [2.45, 2.75) is 0 Å². The molecule has 68 valence electrons. The van der Waals surface area contributed by atoms with Crippen molar-refractivity contribution in [1.29, 1.82) is 0 Å². The highest BCUT2D eigenvalue weighted by molar-refractivity contribution is 9.10. The Balaban J connectivity index is 2.48. The van der Waals surface area contributed by atoms with E-state index in [-0.39, 0.29) is 5.91 Å². The highest BCUT2D eigenvalue weighted by Gasteiger charge is 2.17. The number of amides is 1. The standard InChI is InChI=1S/C8H7BrN2O2/c9-5-3-6-7(11-4-5)8(12)10-1-2-13-6/h3-4H,1-2H2,(H,10,12). The second-order valence-electron chi connectivity index (χ2n) is 2.60. The number of halogens is 1. The second-order valence-corrected chi connectivity index (χ2v) is 3.52. The average Bonchev–Trinajstić information content (AvgIpc) is 2.28. The first-order chi connectivity index (χ1) is 6.27. The van der Waals surface area contributed by atoms with Gasteiger partial charge >= 0.3 is 0 Å². The van der Waals surface area contributed by atoms with Gasteiger partial charge in [0.25, 0.3) is 5.91 Å². The molecule has 0 bridgehead atoms. The number of carbonyl (C=O) groups excluding carboxylic acids is 1. The molecule has 1 N–H and O–H groups in total. The van der Waals surface area contributed by atoms with E-state index in [0.717, 1.165) is 4.47 Å². The first kappa shape index (κ1) is 8.50. The summed E-state index contributed by atoms with van der Waals surface area (Å²) in [4.78, 5) is 15.3. The van der Waals surface area contributed by atoms with Gasteiger partial charge in [-0.2, -0.15) is 0 Å². The van der Waals surface area contributed by atoms with Crippen LogP contribution in [0.25, 0.3) is 0 Å². The minimum atomic E-state index is -0.181. The monoisotopic (exact) mass is 242 g/mol. The molecule has 2 heterocycles. The highest BCUT2D eigenvalue weighted by Crippen LogP contribution is 2.22. The summed E-state index contributed by atoms with van der Waals surface area (Å²) in [6.45, 7) is 1.00. The number of carbonyl (C=O) groups is 1. The molecular formula is C8H7BrN2O2. The fourth-order valence-electron chi connectivity index (χ4n) is 1.11. The van der Waals surface area contributed by atoms with Gasteiger partial charge in [-0.05, 0) is 22.0 Å². The molecule has 0 saturated heterocycles. The van der Waals surface area contributed by atoms with Crippen LogP contribution in [0, 0.1) is 0 Å².